The van der Waals surface area contributed by atoms with Gasteiger partial charge in [0.1, 0.15) is 23.0 Å². The first-order valence-electron chi connectivity index (χ1n) is 15.5. The van der Waals surface area contributed by atoms with Crippen LogP contribution < -0.4 is 14.4 Å². The molecular weight excluding hydrogens is 532 g/mol. The Morgan fingerprint density at radius 2 is 1.93 bits per heavy atom. The standard InChI is InChI=1S/C34H46N2O4S/c1-5-9-25-11-6-7-13-30(25)34(4)21-36-19-27-14-16-29(27)28(20-37)12-8-10-23(2)24(3)41(39)35-33(38)26-15-17-32(40-22-34)31(36)18-26/h6-7,11,13,15,17-18,20,23-24,27-29H,5,8-10,12,14,16,19,21-22H2,1-4H3,(H,35,38)/t23?,24?,27?,28?,29?,34-,41?/m0/s1. The van der Waals surface area contributed by atoms with Gasteiger partial charge in [-0.25, -0.2) is 4.21 Å². The molecule has 1 amide bonds. The number of carbonyl (C=O) groups is 2. The van der Waals surface area contributed by atoms with E-state index >= 15 is 0 Å². The lowest BCUT2D eigenvalue weighted by molar-refractivity contribution is -0.115. The van der Waals surface area contributed by atoms with Gasteiger partial charge in [0, 0.05) is 30.0 Å². The quantitative estimate of drug-likeness (QED) is 0.435. The molecule has 0 radical (unpaired) electrons. The number of fused-ring (bicyclic) bond motifs is 2. The second-order valence-corrected chi connectivity index (χ2v) is 14.5. The van der Waals surface area contributed by atoms with Gasteiger partial charge in [-0.3, -0.25) is 9.52 Å². The highest BCUT2D eigenvalue weighted by Crippen LogP contribution is 2.45. The SMILES string of the molecule is CCCc1ccccc1[C@]1(C)COc2ccc3cc2N(CC2CCC2C(C=O)CCCC(C)C(C)S(=O)NC3=O)C1. The first-order valence-corrected chi connectivity index (χ1v) is 16.7. The lowest BCUT2D eigenvalue weighted by atomic mass is 9.65. The van der Waals surface area contributed by atoms with Crippen molar-refractivity contribution in [3.8, 4) is 5.75 Å². The summed E-state index contributed by atoms with van der Waals surface area (Å²) < 4.78 is 22.4. The van der Waals surface area contributed by atoms with Gasteiger partial charge in [0.25, 0.3) is 5.91 Å². The van der Waals surface area contributed by atoms with E-state index in [0.717, 1.165) is 69.5 Å². The van der Waals surface area contributed by atoms with Gasteiger partial charge in [0.05, 0.1) is 17.5 Å². The number of amides is 1. The highest BCUT2D eigenvalue weighted by Gasteiger charge is 2.41. The second kappa shape index (κ2) is 12.7. The highest BCUT2D eigenvalue weighted by molar-refractivity contribution is 7.84. The van der Waals surface area contributed by atoms with E-state index < -0.39 is 11.0 Å². The molecule has 2 aromatic carbocycles. The molecule has 6 unspecified atom stereocenters. The van der Waals surface area contributed by atoms with E-state index in [0.29, 0.717) is 24.0 Å². The minimum absolute atomic E-state index is 0.0556. The van der Waals surface area contributed by atoms with Crippen molar-refractivity contribution in [3.63, 3.8) is 0 Å². The molecular formula is C34H46N2O4S. The number of nitrogens with one attached hydrogen (secondary N) is 1. The number of benzene rings is 2. The Balaban J connectivity index is 1.55. The lowest BCUT2D eigenvalue weighted by Gasteiger charge is -2.44. The van der Waals surface area contributed by atoms with Crippen molar-refractivity contribution in [1.29, 1.82) is 0 Å². The van der Waals surface area contributed by atoms with E-state index in [4.69, 9.17) is 4.74 Å². The summed E-state index contributed by atoms with van der Waals surface area (Å²) in [4.78, 5) is 28.0. The Hall–Kier alpha value is -2.67. The lowest BCUT2D eigenvalue weighted by Crippen LogP contribution is -2.47. The number of aldehydes is 1. The van der Waals surface area contributed by atoms with E-state index in [1.54, 1.807) is 6.07 Å². The van der Waals surface area contributed by atoms with Crippen LogP contribution in [0.3, 0.4) is 0 Å². The van der Waals surface area contributed by atoms with Crippen LogP contribution in [0.2, 0.25) is 0 Å². The molecule has 41 heavy (non-hydrogen) atoms. The van der Waals surface area contributed by atoms with Crippen molar-refractivity contribution in [2.24, 2.45) is 23.7 Å². The normalized spacial score (nSPS) is 32.5. The summed E-state index contributed by atoms with van der Waals surface area (Å²) in [5.74, 6) is 1.48. The predicted molar refractivity (Wildman–Crippen MR) is 166 cm³/mol. The second-order valence-electron chi connectivity index (χ2n) is 13.0. The monoisotopic (exact) mass is 578 g/mol. The zero-order chi connectivity index (χ0) is 29.1. The summed E-state index contributed by atoms with van der Waals surface area (Å²) in [6.07, 6.45) is 8.16. The number of rotatable bonds is 4. The van der Waals surface area contributed by atoms with Crippen molar-refractivity contribution in [2.75, 3.05) is 24.6 Å². The molecule has 2 aliphatic heterocycles. The molecule has 2 bridgehead atoms. The van der Waals surface area contributed by atoms with Crippen LogP contribution in [0.25, 0.3) is 0 Å². The van der Waals surface area contributed by atoms with Crippen LogP contribution in [0.15, 0.2) is 42.5 Å². The molecule has 0 aromatic heterocycles. The molecule has 1 aliphatic carbocycles. The summed E-state index contributed by atoms with van der Waals surface area (Å²) in [7, 11) is -1.50. The maximum absolute atomic E-state index is 13.3. The maximum atomic E-state index is 13.3. The summed E-state index contributed by atoms with van der Waals surface area (Å²) in [5.41, 5.74) is 3.80. The van der Waals surface area contributed by atoms with Crippen molar-refractivity contribution in [2.45, 2.75) is 83.3 Å². The number of nitrogens with zero attached hydrogens (tertiary/aromatic N) is 1. The summed E-state index contributed by atoms with van der Waals surface area (Å²) >= 11 is 0. The smallest absolute Gasteiger partial charge is 0.263 e. The molecule has 222 valence electrons. The Morgan fingerprint density at radius 3 is 2.66 bits per heavy atom. The maximum Gasteiger partial charge on any atom is 0.263 e. The Labute approximate surface area is 248 Å². The minimum Gasteiger partial charge on any atom is -0.490 e. The van der Waals surface area contributed by atoms with Gasteiger partial charge >= 0.3 is 0 Å². The van der Waals surface area contributed by atoms with E-state index in [9.17, 15) is 13.8 Å². The van der Waals surface area contributed by atoms with E-state index in [1.807, 2.05) is 19.1 Å². The number of hydrogen-bond donors (Lipinski definition) is 1. The van der Waals surface area contributed by atoms with Gasteiger partial charge in [0.2, 0.25) is 0 Å². The Morgan fingerprint density at radius 1 is 1.12 bits per heavy atom. The number of anilines is 1. The molecule has 5 rings (SSSR count). The van der Waals surface area contributed by atoms with E-state index in [-0.39, 0.29) is 28.4 Å². The number of ether oxygens (including phenoxy) is 1. The molecule has 0 saturated heterocycles. The first-order chi connectivity index (χ1) is 19.7. The molecule has 1 saturated carbocycles. The van der Waals surface area contributed by atoms with Crippen molar-refractivity contribution >= 4 is 28.9 Å². The van der Waals surface area contributed by atoms with Gasteiger partial charge in [0.15, 0.2) is 0 Å². The minimum atomic E-state index is -1.50. The molecule has 1 N–H and O–H groups in total. The summed E-state index contributed by atoms with van der Waals surface area (Å²) in [6, 6.07) is 14.3. The molecule has 0 spiro atoms. The van der Waals surface area contributed by atoms with Gasteiger partial charge in [-0.15, -0.1) is 0 Å². The van der Waals surface area contributed by atoms with Crippen LogP contribution in [-0.2, 0) is 27.6 Å². The molecule has 7 heteroatoms. The molecule has 6 nitrogen and oxygen atoms in total. The molecule has 7 atom stereocenters. The van der Waals surface area contributed by atoms with E-state index in [1.165, 1.54) is 17.4 Å². The van der Waals surface area contributed by atoms with Crippen LogP contribution in [0.1, 0.15) is 87.7 Å². The zero-order valence-corrected chi connectivity index (χ0v) is 25.9. The fourth-order valence-electron chi connectivity index (χ4n) is 7.15. The molecule has 2 heterocycles. The number of hydrogen-bond acceptors (Lipinski definition) is 5. The van der Waals surface area contributed by atoms with Crippen LogP contribution in [0, 0.1) is 23.7 Å². The van der Waals surface area contributed by atoms with Crippen LogP contribution in [-0.4, -0.2) is 41.3 Å². The molecule has 3 aliphatic rings. The van der Waals surface area contributed by atoms with Crippen molar-refractivity contribution in [3.05, 3.63) is 59.2 Å². The third kappa shape index (κ3) is 6.25. The average molecular weight is 579 g/mol. The van der Waals surface area contributed by atoms with Crippen LogP contribution in [0.4, 0.5) is 5.69 Å². The molecule has 1 fully saturated rings. The van der Waals surface area contributed by atoms with Gasteiger partial charge < -0.3 is 14.4 Å². The van der Waals surface area contributed by atoms with Crippen LogP contribution in [0.5, 0.6) is 5.75 Å². The van der Waals surface area contributed by atoms with E-state index in [2.05, 4.69) is 54.7 Å². The highest BCUT2D eigenvalue weighted by atomic mass is 32.2. The topological polar surface area (TPSA) is 75.7 Å². The third-order valence-corrected chi connectivity index (χ3v) is 11.5. The largest absolute Gasteiger partial charge is 0.490 e. The fraction of sp³-hybridized carbons (Fsp3) is 0.588. The van der Waals surface area contributed by atoms with Crippen LogP contribution >= 0.6 is 0 Å². The predicted octanol–water partition coefficient (Wildman–Crippen LogP) is 6.24. The van der Waals surface area contributed by atoms with Gasteiger partial charge in [-0.2, -0.15) is 0 Å². The fourth-order valence-corrected chi connectivity index (χ4v) is 8.20. The Bertz CT molecular complexity index is 1280. The zero-order valence-electron chi connectivity index (χ0n) is 25.1. The number of aryl methyl sites for hydroxylation is 1. The molecule has 2 aromatic rings. The van der Waals surface area contributed by atoms with Gasteiger partial charge in [-0.1, -0.05) is 57.9 Å². The number of carbonyl (C=O) groups excluding carboxylic acids is 2. The van der Waals surface area contributed by atoms with Gasteiger partial charge in [-0.05, 0) is 86.1 Å². The average Bonchev–Trinajstić information content (AvgIpc) is 3.10. The third-order valence-electron chi connectivity index (χ3n) is 10.0. The van der Waals surface area contributed by atoms with Crippen molar-refractivity contribution < 1.29 is 18.5 Å². The summed E-state index contributed by atoms with van der Waals surface area (Å²) in [6.45, 7) is 10.6. The summed E-state index contributed by atoms with van der Waals surface area (Å²) in [5, 5.41) is -0.178. The Kier molecular flexibility index (Phi) is 9.22. The first kappa shape index (κ1) is 29.8. The van der Waals surface area contributed by atoms with Crippen molar-refractivity contribution in [1.82, 2.24) is 4.72 Å².